The van der Waals surface area contributed by atoms with Gasteiger partial charge in [0.25, 0.3) is 0 Å². The van der Waals surface area contributed by atoms with E-state index in [9.17, 15) is 9.59 Å². The first-order chi connectivity index (χ1) is 12.6. The number of amides is 2. The molecule has 3 rings (SSSR count). The van der Waals surface area contributed by atoms with Gasteiger partial charge in [-0.25, -0.2) is 0 Å². The van der Waals surface area contributed by atoms with E-state index in [0.717, 1.165) is 42.1 Å². The number of benzene rings is 1. The van der Waals surface area contributed by atoms with Gasteiger partial charge in [-0.1, -0.05) is 50.3 Å². The lowest BCUT2D eigenvalue weighted by Gasteiger charge is -2.24. The van der Waals surface area contributed by atoms with Gasteiger partial charge in [-0.3, -0.25) is 9.59 Å². The van der Waals surface area contributed by atoms with E-state index in [1.807, 2.05) is 30.5 Å². The SMILES string of the molecule is CC(=O)NC(Cc1c[nH]c2ccccc12)C(=O)NC1CCCCCCC1. The molecule has 1 heterocycles. The van der Waals surface area contributed by atoms with Crippen LogP contribution in [0, 0.1) is 0 Å². The number of nitrogens with one attached hydrogen (secondary N) is 3. The number of carbonyl (C=O) groups excluding carboxylic acids is 2. The number of H-pyrrole nitrogens is 1. The Morgan fingerprint density at radius 3 is 2.54 bits per heavy atom. The fourth-order valence-electron chi connectivity index (χ4n) is 3.88. The maximum atomic E-state index is 12.9. The molecule has 0 bridgehead atoms. The number of aromatic amines is 1. The van der Waals surface area contributed by atoms with Crippen molar-refractivity contribution in [2.24, 2.45) is 0 Å². The summed E-state index contributed by atoms with van der Waals surface area (Å²) < 4.78 is 0. The van der Waals surface area contributed by atoms with E-state index < -0.39 is 6.04 Å². The first kappa shape index (κ1) is 18.5. The Morgan fingerprint density at radius 2 is 1.81 bits per heavy atom. The minimum absolute atomic E-state index is 0.0731. The highest BCUT2D eigenvalue weighted by Crippen LogP contribution is 2.20. The molecule has 1 aliphatic rings. The molecule has 140 valence electrons. The molecular formula is C21H29N3O2. The van der Waals surface area contributed by atoms with Crippen LogP contribution in [0.5, 0.6) is 0 Å². The number of fused-ring (bicyclic) bond motifs is 1. The second-order valence-corrected chi connectivity index (χ2v) is 7.37. The Bertz CT molecular complexity index is 745. The van der Waals surface area contributed by atoms with Crippen molar-refractivity contribution in [1.29, 1.82) is 0 Å². The molecule has 0 radical (unpaired) electrons. The third kappa shape index (κ3) is 4.87. The fraction of sp³-hybridized carbons (Fsp3) is 0.524. The minimum atomic E-state index is -0.544. The van der Waals surface area contributed by atoms with Crippen LogP contribution in [-0.4, -0.2) is 28.9 Å². The van der Waals surface area contributed by atoms with Crippen LogP contribution in [0.3, 0.4) is 0 Å². The number of hydrogen-bond acceptors (Lipinski definition) is 2. The van der Waals surface area contributed by atoms with E-state index in [0.29, 0.717) is 6.42 Å². The number of carbonyl (C=O) groups is 2. The Hall–Kier alpha value is -2.30. The normalized spacial score (nSPS) is 17.3. The van der Waals surface area contributed by atoms with Gasteiger partial charge in [0.1, 0.15) is 6.04 Å². The second kappa shape index (κ2) is 8.88. The zero-order valence-electron chi connectivity index (χ0n) is 15.5. The molecule has 1 aromatic carbocycles. The van der Waals surface area contributed by atoms with Gasteiger partial charge < -0.3 is 15.6 Å². The lowest BCUT2D eigenvalue weighted by molar-refractivity contribution is -0.128. The summed E-state index contributed by atoms with van der Waals surface area (Å²) in [6, 6.07) is 7.70. The first-order valence-electron chi connectivity index (χ1n) is 9.76. The third-order valence-electron chi connectivity index (χ3n) is 5.24. The second-order valence-electron chi connectivity index (χ2n) is 7.37. The molecule has 2 amide bonds. The highest BCUT2D eigenvalue weighted by molar-refractivity contribution is 5.89. The highest BCUT2D eigenvalue weighted by atomic mass is 16.2. The van der Waals surface area contributed by atoms with Crippen LogP contribution in [0.2, 0.25) is 0 Å². The van der Waals surface area contributed by atoms with E-state index in [1.54, 1.807) is 0 Å². The smallest absolute Gasteiger partial charge is 0.243 e. The Labute approximate surface area is 154 Å². The van der Waals surface area contributed by atoms with E-state index in [-0.39, 0.29) is 17.9 Å². The lowest BCUT2D eigenvalue weighted by Crippen LogP contribution is -2.50. The van der Waals surface area contributed by atoms with Crippen molar-refractivity contribution in [1.82, 2.24) is 15.6 Å². The van der Waals surface area contributed by atoms with Crippen LogP contribution in [-0.2, 0) is 16.0 Å². The van der Waals surface area contributed by atoms with Crippen molar-refractivity contribution in [3.05, 3.63) is 36.0 Å². The first-order valence-corrected chi connectivity index (χ1v) is 9.76. The maximum absolute atomic E-state index is 12.9. The number of aromatic nitrogens is 1. The largest absolute Gasteiger partial charge is 0.361 e. The summed E-state index contributed by atoms with van der Waals surface area (Å²) in [4.78, 5) is 27.8. The average molecular weight is 355 g/mol. The van der Waals surface area contributed by atoms with Crippen molar-refractivity contribution >= 4 is 22.7 Å². The third-order valence-corrected chi connectivity index (χ3v) is 5.24. The van der Waals surface area contributed by atoms with Crippen LogP contribution >= 0.6 is 0 Å². The van der Waals surface area contributed by atoms with Crippen LogP contribution < -0.4 is 10.6 Å². The molecule has 1 saturated carbocycles. The van der Waals surface area contributed by atoms with Crippen LogP contribution in [0.15, 0.2) is 30.5 Å². The van der Waals surface area contributed by atoms with Gasteiger partial charge in [-0.15, -0.1) is 0 Å². The van der Waals surface area contributed by atoms with Crippen LogP contribution in [0.4, 0.5) is 0 Å². The molecule has 1 atom stereocenters. The molecule has 26 heavy (non-hydrogen) atoms. The maximum Gasteiger partial charge on any atom is 0.243 e. The molecule has 3 N–H and O–H groups in total. The van der Waals surface area contributed by atoms with Crippen molar-refractivity contribution in [3.8, 4) is 0 Å². The molecule has 0 spiro atoms. The van der Waals surface area contributed by atoms with E-state index in [4.69, 9.17) is 0 Å². The summed E-state index contributed by atoms with van der Waals surface area (Å²) in [6.07, 6.45) is 10.6. The van der Waals surface area contributed by atoms with Gasteiger partial charge in [-0.05, 0) is 24.5 Å². The predicted molar refractivity (Wildman–Crippen MR) is 104 cm³/mol. The lowest BCUT2D eigenvalue weighted by atomic mass is 9.96. The molecule has 5 heteroatoms. The monoisotopic (exact) mass is 355 g/mol. The van der Waals surface area contributed by atoms with Crippen LogP contribution in [0.1, 0.15) is 57.4 Å². The van der Waals surface area contributed by atoms with Gasteiger partial charge >= 0.3 is 0 Å². The molecule has 1 aliphatic carbocycles. The zero-order valence-corrected chi connectivity index (χ0v) is 15.5. The van der Waals surface area contributed by atoms with E-state index >= 15 is 0 Å². The van der Waals surface area contributed by atoms with Gasteiger partial charge in [0.05, 0.1) is 0 Å². The van der Waals surface area contributed by atoms with Gasteiger partial charge in [0.2, 0.25) is 11.8 Å². The van der Waals surface area contributed by atoms with Gasteiger partial charge in [0.15, 0.2) is 0 Å². The number of para-hydroxylation sites is 1. The minimum Gasteiger partial charge on any atom is -0.361 e. The zero-order chi connectivity index (χ0) is 18.4. The summed E-state index contributed by atoms with van der Waals surface area (Å²) in [6.45, 7) is 1.46. The topological polar surface area (TPSA) is 74.0 Å². The van der Waals surface area contributed by atoms with Gasteiger partial charge in [0, 0.05) is 36.5 Å². The summed E-state index contributed by atoms with van der Waals surface area (Å²) in [7, 11) is 0. The molecule has 2 aromatic rings. The molecule has 1 unspecified atom stereocenters. The predicted octanol–water partition coefficient (Wildman–Crippen LogP) is 3.44. The van der Waals surface area contributed by atoms with E-state index in [2.05, 4.69) is 15.6 Å². The van der Waals surface area contributed by atoms with Crippen molar-refractivity contribution in [2.45, 2.75) is 70.4 Å². The summed E-state index contributed by atoms with van der Waals surface area (Å²) >= 11 is 0. The van der Waals surface area contributed by atoms with Crippen molar-refractivity contribution in [3.63, 3.8) is 0 Å². The fourth-order valence-corrected chi connectivity index (χ4v) is 3.88. The Balaban J connectivity index is 1.70. The summed E-state index contributed by atoms with van der Waals surface area (Å²) in [5.74, 6) is -0.251. The van der Waals surface area contributed by atoms with Crippen molar-refractivity contribution < 1.29 is 9.59 Å². The molecule has 1 fully saturated rings. The van der Waals surface area contributed by atoms with Gasteiger partial charge in [-0.2, -0.15) is 0 Å². The standard InChI is InChI=1S/C21H29N3O2/c1-15(25)23-20(13-16-14-22-19-12-8-7-11-18(16)19)21(26)24-17-9-5-3-2-4-6-10-17/h7-8,11-12,14,17,20,22H,2-6,9-10,13H2,1H3,(H,23,25)(H,24,26). The summed E-state index contributed by atoms with van der Waals surface area (Å²) in [5.41, 5.74) is 2.09. The number of hydrogen-bond donors (Lipinski definition) is 3. The Kier molecular flexibility index (Phi) is 6.31. The average Bonchev–Trinajstić information content (AvgIpc) is 2.99. The van der Waals surface area contributed by atoms with Crippen LogP contribution in [0.25, 0.3) is 10.9 Å². The molecule has 5 nitrogen and oxygen atoms in total. The van der Waals surface area contributed by atoms with Crippen molar-refractivity contribution in [2.75, 3.05) is 0 Å². The number of rotatable bonds is 5. The highest BCUT2D eigenvalue weighted by Gasteiger charge is 2.24. The Morgan fingerprint density at radius 1 is 1.12 bits per heavy atom. The summed E-state index contributed by atoms with van der Waals surface area (Å²) in [5, 5.41) is 7.12. The molecule has 0 saturated heterocycles. The molecule has 0 aliphatic heterocycles. The van der Waals surface area contributed by atoms with E-state index in [1.165, 1.54) is 26.2 Å². The quantitative estimate of drug-likeness (QED) is 0.768. The molecule has 1 aromatic heterocycles. The molecular weight excluding hydrogens is 326 g/mol.